The third-order valence-corrected chi connectivity index (χ3v) is 3.87. The lowest BCUT2D eigenvalue weighted by atomic mass is 10.0. The molecule has 0 bridgehead atoms. The van der Waals surface area contributed by atoms with Crippen molar-refractivity contribution in [3.8, 4) is 0 Å². The molecule has 4 nitrogen and oxygen atoms in total. The highest BCUT2D eigenvalue weighted by atomic mass is 16.5. The molecule has 2 saturated heterocycles. The van der Waals surface area contributed by atoms with E-state index in [1.807, 2.05) is 18.7 Å². The summed E-state index contributed by atoms with van der Waals surface area (Å²) >= 11 is 0. The first-order valence-corrected chi connectivity index (χ1v) is 6.05. The number of rotatable bonds is 3. The number of ether oxygens (including phenoxy) is 1. The summed E-state index contributed by atoms with van der Waals surface area (Å²) in [5, 5.41) is 3.38. The average Bonchev–Trinajstić information content (AvgIpc) is 2.75. The van der Waals surface area contributed by atoms with E-state index in [9.17, 15) is 4.79 Å². The van der Waals surface area contributed by atoms with Gasteiger partial charge in [0.25, 0.3) is 0 Å². The van der Waals surface area contributed by atoms with Crippen LogP contribution in [0, 0.1) is 11.8 Å². The summed E-state index contributed by atoms with van der Waals surface area (Å²) in [6, 6.07) is 0. The monoisotopic (exact) mass is 226 g/mol. The quantitative estimate of drug-likeness (QED) is 0.761. The highest BCUT2D eigenvalue weighted by Crippen LogP contribution is 2.27. The molecule has 1 amide bonds. The number of hydrogen-bond acceptors (Lipinski definition) is 3. The predicted octanol–water partition coefficient (Wildman–Crippen LogP) is 0.479. The van der Waals surface area contributed by atoms with Crippen molar-refractivity contribution in [2.75, 3.05) is 33.3 Å². The maximum absolute atomic E-state index is 12.1. The lowest BCUT2D eigenvalue weighted by Gasteiger charge is -2.26. The second-order valence-electron chi connectivity index (χ2n) is 5.62. The molecular formula is C12H22N2O2. The van der Waals surface area contributed by atoms with Crippen LogP contribution in [0.25, 0.3) is 0 Å². The Hall–Kier alpha value is -0.610. The van der Waals surface area contributed by atoms with Gasteiger partial charge in [-0.15, -0.1) is 0 Å². The number of hydrogen-bond donors (Lipinski definition) is 1. The minimum atomic E-state index is -0.340. The predicted molar refractivity (Wildman–Crippen MR) is 62.1 cm³/mol. The van der Waals surface area contributed by atoms with Crippen LogP contribution in [0.4, 0.5) is 0 Å². The van der Waals surface area contributed by atoms with Gasteiger partial charge in [0.1, 0.15) is 0 Å². The van der Waals surface area contributed by atoms with Crippen LogP contribution < -0.4 is 5.32 Å². The van der Waals surface area contributed by atoms with E-state index in [2.05, 4.69) is 5.32 Å². The van der Waals surface area contributed by atoms with E-state index in [0.717, 1.165) is 26.2 Å². The van der Waals surface area contributed by atoms with Gasteiger partial charge < -0.3 is 15.0 Å². The number of carbonyl (C=O) groups is 1. The molecule has 0 radical (unpaired) electrons. The molecule has 1 N–H and O–H groups in total. The molecule has 0 aliphatic carbocycles. The second kappa shape index (κ2) is 4.34. The summed E-state index contributed by atoms with van der Waals surface area (Å²) < 4.78 is 5.30. The molecule has 0 aromatic rings. The summed E-state index contributed by atoms with van der Waals surface area (Å²) in [4.78, 5) is 14.1. The number of fused-ring (bicyclic) bond motifs is 1. The first kappa shape index (κ1) is 11.9. The van der Waals surface area contributed by atoms with E-state index in [1.54, 1.807) is 7.11 Å². The largest absolute Gasteiger partial charge is 0.378 e. The normalized spacial score (nSPS) is 29.6. The summed E-state index contributed by atoms with van der Waals surface area (Å²) in [5.74, 6) is 1.59. The molecule has 0 saturated carbocycles. The molecule has 2 aliphatic rings. The molecule has 92 valence electrons. The van der Waals surface area contributed by atoms with E-state index < -0.39 is 0 Å². The van der Waals surface area contributed by atoms with Crippen LogP contribution in [0.2, 0.25) is 0 Å². The Balaban J connectivity index is 1.87. The summed E-state index contributed by atoms with van der Waals surface area (Å²) in [5.41, 5.74) is -0.340. The van der Waals surface area contributed by atoms with Crippen molar-refractivity contribution in [2.45, 2.75) is 25.9 Å². The van der Waals surface area contributed by atoms with Crippen LogP contribution >= 0.6 is 0 Å². The van der Waals surface area contributed by atoms with Crippen LogP contribution in [-0.4, -0.2) is 49.7 Å². The van der Waals surface area contributed by atoms with Crippen LogP contribution in [0.1, 0.15) is 20.3 Å². The van der Waals surface area contributed by atoms with Gasteiger partial charge in [-0.3, -0.25) is 4.79 Å². The minimum absolute atomic E-state index is 0.237. The number of carbonyl (C=O) groups excluding carboxylic acids is 1. The molecular weight excluding hydrogens is 204 g/mol. The lowest BCUT2D eigenvalue weighted by molar-refractivity contribution is -0.135. The number of likely N-dealkylation sites (tertiary alicyclic amines) is 1. The van der Waals surface area contributed by atoms with E-state index in [1.165, 1.54) is 0 Å². The lowest BCUT2D eigenvalue weighted by Crippen LogP contribution is -2.37. The van der Waals surface area contributed by atoms with E-state index in [0.29, 0.717) is 18.3 Å². The van der Waals surface area contributed by atoms with Crippen molar-refractivity contribution in [3.05, 3.63) is 0 Å². The van der Waals surface area contributed by atoms with Crippen molar-refractivity contribution in [2.24, 2.45) is 11.8 Å². The molecule has 4 heteroatoms. The van der Waals surface area contributed by atoms with Gasteiger partial charge in [-0.05, 0) is 25.7 Å². The molecule has 2 aliphatic heterocycles. The number of methoxy groups -OCH3 is 1. The van der Waals surface area contributed by atoms with Crippen LogP contribution in [0.15, 0.2) is 0 Å². The molecule has 0 aromatic carbocycles. The standard InChI is InChI=1S/C12H22N2O2/c1-12(2,16-3)4-11(15)14-7-9-5-13-6-10(9)8-14/h9-10,13H,4-8H2,1-3H3. The van der Waals surface area contributed by atoms with Gasteiger partial charge in [-0.1, -0.05) is 0 Å². The summed E-state index contributed by atoms with van der Waals surface area (Å²) in [6.45, 7) is 7.92. The van der Waals surface area contributed by atoms with Gasteiger partial charge in [0.05, 0.1) is 12.0 Å². The highest BCUT2D eigenvalue weighted by Gasteiger charge is 2.38. The number of nitrogens with zero attached hydrogens (tertiary/aromatic N) is 1. The molecule has 0 aromatic heterocycles. The van der Waals surface area contributed by atoms with Crippen LogP contribution in [0.5, 0.6) is 0 Å². The molecule has 0 spiro atoms. The van der Waals surface area contributed by atoms with E-state index in [4.69, 9.17) is 4.74 Å². The highest BCUT2D eigenvalue weighted by molar-refractivity contribution is 5.77. The van der Waals surface area contributed by atoms with Crippen molar-refractivity contribution >= 4 is 5.91 Å². The Morgan fingerprint density at radius 2 is 1.94 bits per heavy atom. The van der Waals surface area contributed by atoms with Gasteiger partial charge in [-0.25, -0.2) is 0 Å². The minimum Gasteiger partial charge on any atom is -0.378 e. The zero-order chi connectivity index (χ0) is 11.8. The fraction of sp³-hybridized carbons (Fsp3) is 0.917. The number of nitrogens with one attached hydrogen (secondary N) is 1. The first-order chi connectivity index (χ1) is 7.52. The third kappa shape index (κ3) is 2.38. The smallest absolute Gasteiger partial charge is 0.225 e. The molecule has 2 atom stereocenters. The third-order valence-electron chi connectivity index (χ3n) is 3.87. The topological polar surface area (TPSA) is 41.6 Å². The Labute approximate surface area is 97.3 Å². The zero-order valence-corrected chi connectivity index (χ0v) is 10.5. The van der Waals surface area contributed by atoms with Crippen molar-refractivity contribution in [3.63, 3.8) is 0 Å². The Bertz CT molecular complexity index is 266. The summed E-state index contributed by atoms with van der Waals surface area (Å²) in [6.07, 6.45) is 0.483. The maximum Gasteiger partial charge on any atom is 0.225 e. The Morgan fingerprint density at radius 3 is 2.44 bits per heavy atom. The number of amides is 1. The first-order valence-electron chi connectivity index (χ1n) is 6.05. The SMILES string of the molecule is COC(C)(C)CC(=O)N1CC2CNCC2C1. The van der Waals surface area contributed by atoms with E-state index >= 15 is 0 Å². The van der Waals surface area contributed by atoms with Crippen molar-refractivity contribution < 1.29 is 9.53 Å². The molecule has 2 rings (SSSR count). The van der Waals surface area contributed by atoms with Gasteiger partial charge in [0.15, 0.2) is 0 Å². The van der Waals surface area contributed by atoms with Crippen LogP contribution in [0.3, 0.4) is 0 Å². The fourth-order valence-corrected chi connectivity index (χ4v) is 2.61. The van der Waals surface area contributed by atoms with Crippen LogP contribution in [-0.2, 0) is 9.53 Å². The molecule has 2 heterocycles. The van der Waals surface area contributed by atoms with Crippen molar-refractivity contribution in [1.29, 1.82) is 0 Å². The molecule has 2 fully saturated rings. The van der Waals surface area contributed by atoms with Gasteiger partial charge in [0, 0.05) is 33.3 Å². The van der Waals surface area contributed by atoms with E-state index in [-0.39, 0.29) is 11.5 Å². The Kier molecular flexibility index (Phi) is 3.22. The second-order valence-corrected chi connectivity index (χ2v) is 5.62. The molecule has 16 heavy (non-hydrogen) atoms. The van der Waals surface area contributed by atoms with Gasteiger partial charge in [-0.2, -0.15) is 0 Å². The fourth-order valence-electron chi connectivity index (χ4n) is 2.61. The maximum atomic E-state index is 12.1. The van der Waals surface area contributed by atoms with Gasteiger partial charge in [0.2, 0.25) is 5.91 Å². The van der Waals surface area contributed by atoms with Crippen molar-refractivity contribution in [1.82, 2.24) is 10.2 Å². The Morgan fingerprint density at radius 1 is 1.38 bits per heavy atom. The molecule has 2 unspecified atom stereocenters. The zero-order valence-electron chi connectivity index (χ0n) is 10.5. The van der Waals surface area contributed by atoms with Gasteiger partial charge >= 0.3 is 0 Å². The summed E-state index contributed by atoms with van der Waals surface area (Å²) in [7, 11) is 1.66. The average molecular weight is 226 g/mol.